The van der Waals surface area contributed by atoms with Crippen molar-refractivity contribution < 1.29 is 28.5 Å². The Morgan fingerprint density at radius 3 is 2.58 bits per heavy atom. The predicted octanol–water partition coefficient (Wildman–Crippen LogP) is 4.81. The molecule has 0 unspecified atom stereocenters. The fourth-order valence-corrected chi connectivity index (χ4v) is 4.73. The first kappa shape index (κ1) is 31.3. The highest BCUT2D eigenvalue weighted by molar-refractivity contribution is 7.80. The molecule has 0 aliphatic carbocycles. The summed E-state index contributed by atoms with van der Waals surface area (Å²) in [6, 6.07) is 19.1. The standard InChI is InChI=1S/C31H31ClN4O6S/c1-4-40-30(38)28-19(2)34-31(43)35-29(28)22-10-6-8-12-24(22)42-18-27(37)36-33-16-20-13-14-25(26(15-20)39-3)41-17-21-9-5-7-11-23(21)32/h5-16,29H,4,17-18H2,1-3H3,(H,36,37)(H2,34,35,43)/t29-/m0/s1. The first-order valence-corrected chi connectivity index (χ1v) is 14.1. The van der Waals surface area contributed by atoms with Gasteiger partial charge in [0.2, 0.25) is 0 Å². The van der Waals surface area contributed by atoms with Crippen LogP contribution in [0.1, 0.15) is 36.6 Å². The highest BCUT2D eigenvalue weighted by atomic mass is 35.5. The summed E-state index contributed by atoms with van der Waals surface area (Å²) in [5, 5.41) is 11.1. The largest absolute Gasteiger partial charge is 0.493 e. The third kappa shape index (κ3) is 8.24. The number of carbonyl (C=O) groups excluding carboxylic acids is 2. The highest BCUT2D eigenvalue weighted by Gasteiger charge is 2.32. The van der Waals surface area contributed by atoms with Gasteiger partial charge in [0.1, 0.15) is 12.4 Å². The molecule has 0 saturated heterocycles. The Labute approximate surface area is 260 Å². The maximum atomic E-state index is 12.7. The van der Waals surface area contributed by atoms with Crippen LogP contribution >= 0.6 is 23.8 Å². The third-order valence-electron chi connectivity index (χ3n) is 6.28. The topological polar surface area (TPSA) is 120 Å². The number of nitrogens with zero attached hydrogens (tertiary/aromatic N) is 1. The van der Waals surface area contributed by atoms with Crippen molar-refractivity contribution in [3.63, 3.8) is 0 Å². The lowest BCUT2D eigenvalue weighted by atomic mass is 9.95. The zero-order valence-electron chi connectivity index (χ0n) is 23.8. The third-order valence-corrected chi connectivity index (χ3v) is 6.87. The molecule has 224 valence electrons. The predicted molar refractivity (Wildman–Crippen MR) is 167 cm³/mol. The van der Waals surface area contributed by atoms with Gasteiger partial charge in [-0.1, -0.05) is 48.0 Å². The molecule has 1 aliphatic rings. The van der Waals surface area contributed by atoms with E-state index in [4.69, 9.17) is 42.8 Å². The summed E-state index contributed by atoms with van der Waals surface area (Å²) in [7, 11) is 1.54. The molecule has 1 amide bonds. The van der Waals surface area contributed by atoms with E-state index in [1.54, 1.807) is 62.4 Å². The summed E-state index contributed by atoms with van der Waals surface area (Å²) in [6.07, 6.45) is 1.48. The molecule has 4 rings (SSSR count). The monoisotopic (exact) mass is 622 g/mol. The number of methoxy groups -OCH3 is 1. The van der Waals surface area contributed by atoms with E-state index in [0.717, 1.165) is 5.56 Å². The van der Waals surface area contributed by atoms with Crippen LogP contribution < -0.4 is 30.3 Å². The Hall–Kier alpha value is -4.61. The molecule has 1 heterocycles. The molecule has 10 nitrogen and oxygen atoms in total. The van der Waals surface area contributed by atoms with Gasteiger partial charge >= 0.3 is 5.97 Å². The summed E-state index contributed by atoms with van der Waals surface area (Å²) in [5.41, 5.74) is 5.55. The van der Waals surface area contributed by atoms with E-state index in [-0.39, 0.29) is 19.8 Å². The van der Waals surface area contributed by atoms with E-state index in [1.807, 2.05) is 18.2 Å². The number of rotatable bonds is 12. The van der Waals surface area contributed by atoms with Crippen LogP contribution in [0.25, 0.3) is 0 Å². The van der Waals surface area contributed by atoms with Crippen LogP contribution in [-0.4, -0.2) is 43.5 Å². The number of allylic oxidation sites excluding steroid dienone is 1. The molecule has 0 saturated carbocycles. The molecule has 3 aromatic rings. The summed E-state index contributed by atoms with van der Waals surface area (Å²) >= 11 is 11.5. The van der Waals surface area contributed by atoms with Gasteiger partial charge in [-0.15, -0.1) is 0 Å². The second kappa shape index (κ2) is 15.0. The average molecular weight is 623 g/mol. The smallest absolute Gasteiger partial charge is 0.338 e. The van der Waals surface area contributed by atoms with Crippen molar-refractivity contribution in [1.29, 1.82) is 0 Å². The number of carbonyl (C=O) groups is 2. The number of amides is 1. The Bertz CT molecular complexity index is 1560. The number of benzene rings is 3. The van der Waals surface area contributed by atoms with E-state index >= 15 is 0 Å². The molecule has 0 fully saturated rings. The van der Waals surface area contributed by atoms with Crippen molar-refractivity contribution >= 4 is 47.0 Å². The van der Waals surface area contributed by atoms with Gasteiger partial charge in [0.05, 0.1) is 31.5 Å². The Morgan fingerprint density at radius 1 is 1.05 bits per heavy atom. The normalized spacial score (nSPS) is 14.5. The number of hydrogen-bond acceptors (Lipinski definition) is 8. The molecule has 0 aromatic heterocycles. The maximum absolute atomic E-state index is 12.7. The molecule has 1 atom stereocenters. The van der Waals surface area contributed by atoms with Crippen molar-refractivity contribution in [2.45, 2.75) is 26.5 Å². The minimum Gasteiger partial charge on any atom is -0.493 e. The van der Waals surface area contributed by atoms with Crippen molar-refractivity contribution in [2.24, 2.45) is 5.10 Å². The molecule has 0 bridgehead atoms. The number of hydrazone groups is 1. The zero-order chi connectivity index (χ0) is 30.8. The first-order chi connectivity index (χ1) is 20.8. The van der Waals surface area contributed by atoms with Crippen LogP contribution in [0.3, 0.4) is 0 Å². The Balaban J connectivity index is 1.37. The summed E-state index contributed by atoms with van der Waals surface area (Å²) in [4.78, 5) is 25.3. The fraction of sp³-hybridized carbons (Fsp3) is 0.226. The van der Waals surface area contributed by atoms with Gasteiger partial charge in [0.25, 0.3) is 5.91 Å². The van der Waals surface area contributed by atoms with E-state index in [0.29, 0.717) is 49.8 Å². The van der Waals surface area contributed by atoms with Crippen LogP contribution in [0.15, 0.2) is 83.1 Å². The molecule has 3 N–H and O–H groups in total. The maximum Gasteiger partial charge on any atom is 0.338 e. The highest BCUT2D eigenvalue weighted by Crippen LogP contribution is 2.34. The van der Waals surface area contributed by atoms with Crippen LogP contribution in [0.4, 0.5) is 0 Å². The summed E-state index contributed by atoms with van der Waals surface area (Å²) in [6.45, 7) is 3.67. The van der Waals surface area contributed by atoms with Gasteiger partial charge in [-0.3, -0.25) is 4.79 Å². The molecule has 0 radical (unpaired) electrons. The van der Waals surface area contributed by atoms with Crippen LogP contribution in [0.5, 0.6) is 17.2 Å². The SMILES string of the molecule is CCOC(=O)C1=C(C)NC(=S)N[C@H]1c1ccccc1OCC(=O)NN=Cc1ccc(OCc2ccccc2Cl)c(OC)c1. The number of nitrogens with one attached hydrogen (secondary N) is 3. The van der Waals surface area contributed by atoms with Crippen molar-refractivity contribution in [2.75, 3.05) is 20.3 Å². The van der Waals surface area contributed by atoms with Crippen LogP contribution in [0.2, 0.25) is 5.02 Å². The summed E-state index contributed by atoms with van der Waals surface area (Å²) < 4.78 is 22.4. The molecular formula is C31H31ClN4O6S. The number of para-hydroxylation sites is 1. The lowest BCUT2D eigenvalue weighted by Gasteiger charge is -2.30. The van der Waals surface area contributed by atoms with Crippen molar-refractivity contribution in [3.8, 4) is 17.2 Å². The average Bonchev–Trinajstić information content (AvgIpc) is 2.99. The van der Waals surface area contributed by atoms with E-state index in [2.05, 4.69) is 21.2 Å². The number of ether oxygens (including phenoxy) is 4. The van der Waals surface area contributed by atoms with Crippen LogP contribution in [-0.2, 0) is 20.9 Å². The molecule has 0 spiro atoms. The molecule has 1 aliphatic heterocycles. The number of thiocarbonyl (C=S) groups is 1. The number of hydrogen-bond donors (Lipinski definition) is 3. The van der Waals surface area contributed by atoms with Gasteiger partial charge in [-0.2, -0.15) is 5.10 Å². The van der Waals surface area contributed by atoms with Gasteiger partial charge in [0, 0.05) is 21.8 Å². The van der Waals surface area contributed by atoms with E-state index in [9.17, 15) is 9.59 Å². The number of esters is 1. The van der Waals surface area contributed by atoms with Crippen LogP contribution in [0, 0.1) is 0 Å². The minimum atomic E-state index is -0.628. The molecule has 12 heteroatoms. The van der Waals surface area contributed by atoms with Gasteiger partial charge < -0.3 is 29.6 Å². The number of halogens is 1. The van der Waals surface area contributed by atoms with Gasteiger partial charge in [-0.25, -0.2) is 10.2 Å². The molecular weight excluding hydrogens is 592 g/mol. The van der Waals surface area contributed by atoms with E-state index < -0.39 is 17.9 Å². The lowest BCUT2D eigenvalue weighted by molar-refractivity contribution is -0.139. The second-order valence-electron chi connectivity index (χ2n) is 9.20. The molecule has 43 heavy (non-hydrogen) atoms. The lowest BCUT2D eigenvalue weighted by Crippen LogP contribution is -2.45. The van der Waals surface area contributed by atoms with Crippen molar-refractivity contribution in [3.05, 3.63) is 99.7 Å². The first-order valence-electron chi connectivity index (χ1n) is 13.3. The van der Waals surface area contributed by atoms with Gasteiger partial charge in [0.15, 0.2) is 23.2 Å². The van der Waals surface area contributed by atoms with Gasteiger partial charge in [-0.05, 0) is 62.0 Å². The summed E-state index contributed by atoms with van der Waals surface area (Å²) in [5.74, 6) is 0.473. The van der Waals surface area contributed by atoms with E-state index in [1.165, 1.54) is 13.3 Å². The fourth-order valence-electron chi connectivity index (χ4n) is 4.27. The Morgan fingerprint density at radius 2 is 1.81 bits per heavy atom. The molecule has 3 aromatic carbocycles. The minimum absolute atomic E-state index is 0.222. The Kier molecular flexibility index (Phi) is 11.0. The van der Waals surface area contributed by atoms with Crippen molar-refractivity contribution in [1.82, 2.24) is 16.1 Å². The quantitative estimate of drug-likeness (QED) is 0.113. The zero-order valence-corrected chi connectivity index (χ0v) is 25.4. The second-order valence-corrected chi connectivity index (χ2v) is 10.0.